The van der Waals surface area contributed by atoms with Gasteiger partial charge in [0.25, 0.3) is 5.92 Å². The molecule has 0 saturated heterocycles. The van der Waals surface area contributed by atoms with Crippen molar-refractivity contribution < 1.29 is 13.5 Å². The highest BCUT2D eigenvalue weighted by molar-refractivity contribution is 9.10. The molecule has 2 heterocycles. The number of benzene rings is 1. The third kappa shape index (κ3) is 2.66. The maximum absolute atomic E-state index is 13.5. The maximum Gasteiger partial charge on any atom is 0.270 e. The van der Waals surface area contributed by atoms with Gasteiger partial charge in [-0.2, -0.15) is 0 Å². The second-order valence-corrected chi connectivity index (χ2v) is 6.83. The van der Waals surface area contributed by atoms with E-state index in [2.05, 4.69) is 25.9 Å². The minimum Gasteiger partial charge on any atom is -0.482 e. The molecule has 0 amide bonds. The van der Waals surface area contributed by atoms with Crippen molar-refractivity contribution in [2.24, 2.45) is 0 Å². The average molecular weight is 394 g/mol. The van der Waals surface area contributed by atoms with Crippen LogP contribution in [0.4, 0.5) is 8.78 Å². The number of ether oxygens (including phenoxy) is 1. The average Bonchev–Trinajstić information content (AvgIpc) is 2.99. The second-order valence-electron chi connectivity index (χ2n) is 5.92. The maximum atomic E-state index is 13.5. The molecule has 0 radical (unpaired) electrons. The van der Waals surface area contributed by atoms with Crippen molar-refractivity contribution in [2.75, 3.05) is 0 Å². The quantitative estimate of drug-likeness (QED) is 0.631. The molecular formula is C17H14BrF2N3O. The molecular weight excluding hydrogens is 380 g/mol. The number of nitrogens with zero attached hydrogens (tertiary/aromatic N) is 3. The third-order valence-electron chi connectivity index (χ3n) is 4.14. The molecule has 2 atom stereocenters. The van der Waals surface area contributed by atoms with Crippen LogP contribution in [0.1, 0.15) is 31.2 Å². The van der Waals surface area contributed by atoms with Gasteiger partial charge in [0.05, 0.1) is 17.5 Å². The lowest BCUT2D eigenvalue weighted by molar-refractivity contribution is 0.101. The number of halogens is 3. The van der Waals surface area contributed by atoms with Gasteiger partial charge in [0, 0.05) is 17.1 Å². The van der Waals surface area contributed by atoms with E-state index >= 15 is 0 Å². The van der Waals surface area contributed by atoms with Crippen LogP contribution in [0.25, 0.3) is 11.0 Å². The van der Waals surface area contributed by atoms with E-state index in [4.69, 9.17) is 4.74 Å². The zero-order valence-electron chi connectivity index (χ0n) is 12.8. The molecule has 24 heavy (non-hydrogen) atoms. The number of aromatic nitrogens is 3. The Morgan fingerprint density at radius 1 is 1.33 bits per heavy atom. The summed E-state index contributed by atoms with van der Waals surface area (Å²) >= 11 is 3.42. The molecule has 124 valence electrons. The Labute approximate surface area is 145 Å². The minimum atomic E-state index is -2.68. The van der Waals surface area contributed by atoms with Gasteiger partial charge >= 0.3 is 0 Å². The lowest BCUT2D eigenvalue weighted by Crippen LogP contribution is -2.07. The predicted molar refractivity (Wildman–Crippen MR) is 89.3 cm³/mol. The summed E-state index contributed by atoms with van der Waals surface area (Å²) in [6, 6.07) is 8.30. The Hall–Kier alpha value is -2.02. The highest BCUT2D eigenvalue weighted by atomic mass is 79.9. The van der Waals surface area contributed by atoms with Crippen molar-refractivity contribution in [3.63, 3.8) is 0 Å². The lowest BCUT2D eigenvalue weighted by Gasteiger charge is -2.16. The Balaban J connectivity index is 1.75. The highest BCUT2D eigenvalue weighted by Crippen LogP contribution is 2.54. The van der Waals surface area contributed by atoms with Crippen molar-refractivity contribution in [1.29, 1.82) is 0 Å². The van der Waals surface area contributed by atoms with E-state index in [-0.39, 0.29) is 12.5 Å². The number of fused-ring (bicyclic) bond motifs is 1. The lowest BCUT2D eigenvalue weighted by atomic mass is 10.2. The van der Waals surface area contributed by atoms with Crippen LogP contribution >= 0.6 is 15.9 Å². The summed E-state index contributed by atoms with van der Waals surface area (Å²) in [4.78, 5) is 8.53. The number of rotatable bonds is 4. The van der Waals surface area contributed by atoms with Gasteiger partial charge in [0.1, 0.15) is 23.4 Å². The first kappa shape index (κ1) is 15.5. The predicted octanol–water partition coefficient (Wildman–Crippen LogP) is 4.91. The van der Waals surface area contributed by atoms with E-state index in [9.17, 15) is 8.78 Å². The largest absolute Gasteiger partial charge is 0.482 e. The number of pyridine rings is 1. The summed E-state index contributed by atoms with van der Waals surface area (Å²) in [7, 11) is 0. The van der Waals surface area contributed by atoms with E-state index in [1.807, 2.05) is 25.1 Å². The first-order valence-corrected chi connectivity index (χ1v) is 8.36. The van der Waals surface area contributed by atoms with Crippen LogP contribution in [0.3, 0.4) is 0 Å². The van der Waals surface area contributed by atoms with E-state index in [1.165, 1.54) is 10.9 Å². The fourth-order valence-corrected chi connectivity index (χ4v) is 3.22. The number of alkyl halides is 2. The molecule has 1 aromatic carbocycles. The van der Waals surface area contributed by atoms with Crippen LogP contribution in [0, 0.1) is 0 Å². The Morgan fingerprint density at radius 3 is 2.79 bits per heavy atom. The fraction of sp³-hybridized carbons (Fsp3) is 0.294. The van der Waals surface area contributed by atoms with E-state index in [1.54, 1.807) is 18.3 Å². The summed E-state index contributed by atoms with van der Waals surface area (Å²) in [5.74, 6) is -2.16. The Kier molecular flexibility index (Phi) is 3.56. The topological polar surface area (TPSA) is 39.9 Å². The Morgan fingerprint density at radius 2 is 2.12 bits per heavy atom. The molecule has 1 aliphatic rings. The molecule has 3 aromatic rings. The van der Waals surface area contributed by atoms with Crippen molar-refractivity contribution in [2.45, 2.75) is 31.4 Å². The van der Waals surface area contributed by atoms with Crippen LogP contribution in [0.2, 0.25) is 0 Å². The molecule has 1 fully saturated rings. The highest BCUT2D eigenvalue weighted by Gasteiger charge is 2.58. The molecule has 1 saturated carbocycles. The van der Waals surface area contributed by atoms with Gasteiger partial charge < -0.3 is 9.30 Å². The molecule has 2 aromatic heterocycles. The second kappa shape index (κ2) is 5.51. The zero-order chi connectivity index (χ0) is 16.9. The molecule has 7 heteroatoms. The van der Waals surface area contributed by atoms with Gasteiger partial charge in [0.2, 0.25) is 0 Å². The van der Waals surface area contributed by atoms with Gasteiger partial charge in [-0.3, -0.25) is 4.98 Å². The van der Waals surface area contributed by atoms with E-state index in [0.717, 1.165) is 10.2 Å². The first-order valence-electron chi connectivity index (χ1n) is 7.57. The van der Waals surface area contributed by atoms with E-state index in [0.29, 0.717) is 16.8 Å². The standard InChI is InChI=1S/C17H14BrF2N3O/c1-10(12-4-2-3-5-21-12)24-14-7-11(18)6-13-16(14)23(9-22-13)15-8-17(15,19)20/h2-7,9-10,15H,8H2,1H3/t10-,15?/m1/s1. The molecule has 1 unspecified atom stereocenters. The molecule has 0 aliphatic heterocycles. The van der Waals surface area contributed by atoms with Crippen LogP contribution in [-0.4, -0.2) is 20.5 Å². The summed E-state index contributed by atoms with van der Waals surface area (Å²) in [5.41, 5.74) is 1.98. The zero-order valence-corrected chi connectivity index (χ0v) is 14.4. The van der Waals surface area contributed by atoms with Crippen LogP contribution in [0.5, 0.6) is 5.75 Å². The van der Waals surface area contributed by atoms with Gasteiger partial charge in [-0.1, -0.05) is 22.0 Å². The monoisotopic (exact) mass is 393 g/mol. The van der Waals surface area contributed by atoms with Crippen LogP contribution < -0.4 is 4.74 Å². The third-order valence-corrected chi connectivity index (χ3v) is 4.59. The van der Waals surface area contributed by atoms with Gasteiger partial charge in [-0.25, -0.2) is 13.8 Å². The molecule has 4 nitrogen and oxygen atoms in total. The van der Waals surface area contributed by atoms with Crippen molar-refractivity contribution >= 4 is 27.0 Å². The SMILES string of the molecule is C[C@@H](Oc1cc(Br)cc2ncn(C3CC3(F)F)c12)c1ccccn1. The number of imidazole rings is 1. The molecule has 0 bridgehead atoms. The van der Waals surface area contributed by atoms with Crippen molar-refractivity contribution in [1.82, 2.24) is 14.5 Å². The summed E-state index contributed by atoms with van der Waals surface area (Å²) < 4.78 is 35.4. The minimum absolute atomic E-state index is 0.163. The Bertz CT molecular complexity index is 897. The van der Waals surface area contributed by atoms with Gasteiger partial charge in [-0.05, 0) is 31.2 Å². The summed E-state index contributed by atoms with van der Waals surface area (Å²) in [6.07, 6.45) is 2.68. The number of hydrogen-bond acceptors (Lipinski definition) is 3. The smallest absolute Gasteiger partial charge is 0.270 e. The first-order chi connectivity index (χ1) is 11.5. The fourth-order valence-electron chi connectivity index (χ4n) is 2.79. The van der Waals surface area contributed by atoms with Crippen molar-refractivity contribution in [3.8, 4) is 5.75 Å². The van der Waals surface area contributed by atoms with Crippen molar-refractivity contribution in [3.05, 3.63) is 53.0 Å². The molecule has 0 spiro atoms. The molecule has 0 N–H and O–H groups in total. The van der Waals surface area contributed by atoms with Crippen LogP contribution in [-0.2, 0) is 0 Å². The van der Waals surface area contributed by atoms with E-state index < -0.39 is 12.0 Å². The summed E-state index contributed by atoms with van der Waals surface area (Å²) in [6.45, 7) is 1.88. The molecule has 4 rings (SSSR count). The van der Waals surface area contributed by atoms with Crippen LogP contribution in [0.15, 0.2) is 47.3 Å². The normalized spacial score (nSPS) is 20.1. The van der Waals surface area contributed by atoms with Gasteiger partial charge in [0.15, 0.2) is 0 Å². The van der Waals surface area contributed by atoms with Gasteiger partial charge in [-0.15, -0.1) is 0 Å². The number of hydrogen-bond donors (Lipinski definition) is 0. The summed E-state index contributed by atoms with van der Waals surface area (Å²) in [5, 5.41) is 0. The molecule has 1 aliphatic carbocycles.